The van der Waals surface area contributed by atoms with Crippen molar-refractivity contribution >= 4 is 23.2 Å². The summed E-state index contributed by atoms with van der Waals surface area (Å²) in [6, 6.07) is 10.3. The molecule has 1 aliphatic heterocycles. The van der Waals surface area contributed by atoms with Crippen molar-refractivity contribution < 1.29 is 4.79 Å². The molecule has 2 N–H and O–H groups in total. The molecular formula is C17H19N3OS. The van der Waals surface area contributed by atoms with Crippen LogP contribution in [0.5, 0.6) is 0 Å². The summed E-state index contributed by atoms with van der Waals surface area (Å²) in [6.07, 6.45) is 0. The molecule has 0 saturated carbocycles. The second-order valence-corrected chi connectivity index (χ2v) is 6.67. The number of carbonyl (C=O) groups excluding carboxylic acids is 1. The van der Waals surface area contributed by atoms with Crippen LogP contribution < -0.4 is 5.73 Å². The van der Waals surface area contributed by atoms with Crippen LogP contribution in [0.2, 0.25) is 0 Å². The molecule has 0 spiro atoms. The predicted octanol–water partition coefficient (Wildman–Crippen LogP) is 3.19. The van der Waals surface area contributed by atoms with Crippen molar-refractivity contribution in [1.82, 2.24) is 4.90 Å². The highest BCUT2D eigenvalue weighted by Crippen LogP contribution is 2.37. The molecule has 2 aromatic rings. The fourth-order valence-corrected chi connectivity index (χ4v) is 3.75. The van der Waals surface area contributed by atoms with E-state index in [2.05, 4.69) is 47.6 Å². The lowest BCUT2D eigenvalue weighted by Crippen LogP contribution is -2.46. The zero-order chi connectivity index (χ0) is 15.9. The second-order valence-electron chi connectivity index (χ2n) is 5.73. The van der Waals surface area contributed by atoms with Crippen LogP contribution in [0.1, 0.15) is 23.4 Å². The molecule has 0 aliphatic carbocycles. The molecule has 4 nitrogen and oxygen atoms in total. The summed E-state index contributed by atoms with van der Waals surface area (Å²) < 4.78 is 0. The van der Waals surface area contributed by atoms with E-state index in [9.17, 15) is 4.79 Å². The van der Waals surface area contributed by atoms with E-state index >= 15 is 0 Å². The standard InChI is InChI=1S/C17H19N3OS/c1-10-5-4-6-12(7-10)13-8-14(22-9-13)15-11(2)16(21)20(3)17(18)19-15/h4-9,11,15H,1-3H3,(H2,18,19)/t11-,15+/m1/s1. The van der Waals surface area contributed by atoms with Crippen LogP contribution in [-0.2, 0) is 4.79 Å². The molecule has 0 radical (unpaired) electrons. The molecule has 0 saturated heterocycles. The number of benzene rings is 1. The second kappa shape index (κ2) is 5.57. The van der Waals surface area contributed by atoms with Gasteiger partial charge in [-0.05, 0) is 29.5 Å². The highest BCUT2D eigenvalue weighted by molar-refractivity contribution is 7.10. The third kappa shape index (κ3) is 2.52. The first kappa shape index (κ1) is 14.8. The number of nitrogens with zero attached hydrogens (tertiary/aromatic N) is 2. The summed E-state index contributed by atoms with van der Waals surface area (Å²) in [5.41, 5.74) is 9.44. The Hall–Kier alpha value is -2.14. The zero-order valence-electron chi connectivity index (χ0n) is 12.9. The fraction of sp³-hybridized carbons (Fsp3) is 0.294. The fourth-order valence-electron chi connectivity index (χ4n) is 2.69. The average molecular weight is 313 g/mol. The summed E-state index contributed by atoms with van der Waals surface area (Å²) in [7, 11) is 1.67. The van der Waals surface area contributed by atoms with Gasteiger partial charge in [0.25, 0.3) is 0 Å². The monoisotopic (exact) mass is 313 g/mol. The van der Waals surface area contributed by atoms with Crippen LogP contribution >= 0.6 is 11.3 Å². The highest BCUT2D eigenvalue weighted by atomic mass is 32.1. The SMILES string of the molecule is Cc1cccc(-c2csc([C@H]3N=C(N)N(C)C(=O)[C@@H]3C)c2)c1. The Morgan fingerprint density at radius 2 is 2.05 bits per heavy atom. The normalized spacial score (nSPS) is 21.9. The van der Waals surface area contributed by atoms with E-state index in [0.29, 0.717) is 5.96 Å². The maximum atomic E-state index is 12.2. The van der Waals surface area contributed by atoms with Gasteiger partial charge < -0.3 is 5.73 Å². The summed E-state index contributed by atoms with van der Waals surface area (Å²) in [5, 5.41) is 2.12. The maximum absolute atomic E-state index is 12.2. The van der Waals surface area contributed by atoms with Gasteiger partial charge in [0.05, 0.1) is 12.0 Å². The molecule has 2 heterocycles. The lowest BCUT2D eigenvalue weighted by atomic mass is 9.97. The molecule has 1 aromatic heterocycles. The van der Waals surface area contributed by atoms with Crippen LogP contribution in [0.15, 0.2) is 40.7 Å². The lowest BCUT2D eigenvalue weighted by Gasteiger charge is -2.30. The van der Waals surface area contributed by atoms with Crippen LogP contribution in [0.4, 0.5) is 0 Å². The summed E-state index contributed by atoms with van der Waals surface area (Å²) in [6.45, 7) is 3.99. The van der Waals surface area contributed by atoms with E-state index in [-0.39, 0.29) is 17.9 Å². The summed E-state index contributed by atoms with van der Waals surface area (Å²) in [5.74, 6) is 0.114. The van der Waals surface area contributed by atoms with Crippen molar-refractivity contribution in [2.45, 2.75) is 19.9 Å². The average Bonchev–Trinajstić information content (AvgIpc) is 2.98. The van der Waals surface area contributed by atoms with Crippen molar-refractivity contribution in [3.8, 4) is 11.1 Å². The first-order chi connectivity index (χ1) is 10.5. The number of rotatable bonds is 2. The Kier molecular flexibility index (Phi) is 3.74. The van der Waals surface area contributed by atoms with Gasteiger partial charge in [-0.1, -0.05) is 36.8 Å². The van der Waals surface area contributed by atoms with Gasteiger partial charge in [0.2, 0.25) is 5.91 Å². The summed E-state index contributed by atoms with van der Waals surface area (Å²) in [4.78, 5) is 19.2. The number of hydrogen-bond acceptors (Lipinski definition) is 4. The van der Waals surface area contributed by atoms with Gasteiger partial charge in [-0.25, -0.2) is 4.99 Å². The van der Waals surface area contributed by atoms with Crippen LogP contribution in [0.25, 0.3) is 11.1 Å². The number of nitrogens with two attached hydrogens (primary N) is 1. The van der Waals surface area contributed by atoms with E-state index in [1.807, 2.05) is 6.92 Å². The van der Waals surface area contributed by atoms with Gasteiger partial charge in [0.15, 0.2) is 5.96 Å². The largest absolute Gasteiger partial charge is 0.369 e. The smallest absolute Gasteiger partial charge is 0.234 e. The maximum Gasteiger partial charge on any atom is 0.234 e. The van der Waals surface area contributed by atoms with E-state index in [1.54, 1.807) is 18.4 Å². The highest BCUT2D eigenvalue weighted by Gasteiger charge is 2.34. The number of carbonyl (C=O) groups is 1. The van der Waals surface area contributed by atoms with E-state index in [0.717, 1.165) is 10.4 Å². The molecule has 0 unspecified atom stereocenters. The van der Waals surface area contributed by atoms with Crippen molar-refractivity contribution in [3.63, 3.8) is 0 Å². The van der Waals surface area contributed by atoms with E-state index < -0.39 is 0 Å². The third-order valence-corrected chi connectivity index (χ3v) is 5.07. The van der Waals surface area contributed by atoms with Crippen LogP contribution in [0.3, 0.4) is 0 Å². The molecular weight excluding hydrogens is 294 g/mol. The van der Waals surface area contributed by atoms with Crippen LogP contribution in [0, 0.1) is 12.8 Å². The van der Waals surface area contributed by atoms with Gasteiger partial charge in [0.1, 0.15) is 0 Å². The predicted molar refractivity (Wildman–Crippen MR) is 90.8 cm³/mol. The molecule has 1 aliphatic rings. The Labute approximate surface area is 134 Å². The minimum absolute atomic E-state index is 0.0167. The summed E-state index contributed by atoms with van der Waals surface area (Å²) >= 11 is 1.63. The van der Waals surface area contributed by atoms with Gasteiger partial charge in [-0.2, -0.15) is 0 Å². The Bertz CT molecular complexity index is 750. The molecule has 0 bridgehead atoms. The quantitative estimate of drug-likeness (QED) is 0.925. The number of hydrogen-bond donors (Lipinski definition) is 1. The van der Waals surface area contributed by atoms with Crippen molar-refractivity contribution in [1.29, 1.82) is 0 Å². The molecule has 22 heavy (non-hydrogen) atoms. The van der Waals surface area contributed by atoms with Gasteiger partial charge in [0, 0.05) is 11.9 Å². The van der Waals surface area contributed by atoms with E-state index in [1.165, 1.54) is 16.0 Å². The molecule has 3 rings (SSSR count). The molecule has 5 heteroatoms. The van der Waals surface area contributed by atoms with Crippen LogP contribution in [-0.4, -0.2) is 23.8 Å². The Morgan fingerprint density at radius 1 is 1.27 bits per heavy atom. The van der Waals surface area contributed by atoms with Crippen molar-refractivity contribution in [2.75, 3.05) is 7.05 Å². The molecule has 114 valence electrons. The van der Waals surface area contributed by atoms with E-state index in [4.69, 9.17) is 5.73 Å². The first-order valence-corrected chi connectivity index (χ1v) is 8.11. The lowest BCUT2D eigenvalue weighted by molar-refractivity contribution is -0.131. The minimum Gasteiger partial charge on any atom is -0.369 e. The van der Waals surface area contributed by atoms with Gasteiger partial charge >= 0.3 is 0 Å². The third-order valence-electron chi connectivity index (χ3n) is 4.07. The Balaban J connectivity index is 1.95. The molecule has 1 amide bonds. The molecule has 2 atom stereocenters. The number of amides is 1. The number of guanidine groups is 1. The van der Waals surface area contributed by atoms with Crippen molar-refractivity contribution in [3.05, 3.63) is 46.2 Å². The van der Waals surface area contributed by atoms with Gasteiger partial charge in [-0.3, -0.25) is 9.69 Å². The Morgan fingerprint density at radius 3 is 2.77 bits per heavy atom. The molecule has 0 fully saturated rings. The van der Waals surface area contributed by atoms with Crippen molar-refractivity contribution in [2.24, 2.45) is 16.6 Å². The number of aliphatic imine (C=N–C) groups is 1. The zero-order valence-corrected chi connectivity index (χ0v) is 13.7. The van der Waals surface area contributed by atoms with Gasteiger partial charge in [-0.15, -0.1) is 11.3 Å². The number of thiophene rings is 1. The topological polar surface area (TPSA) is 58.7 Å². The minimum atomic E-state index is -0.193. The number of aryl methyl sites for hydroxylation is 1. The molecule has 1 aromatic carbocycles. The first-order valence-electron chi connectivity index (χ1n) is 7.23.